The third-order valence-corrected chi connectivity index (χ3v) is 4.05. The number of hydrogen-bond acceptors (Lipinski definition) is 4. The van der Waals surface area contributed by atoms with Crippen LogP contribution in [0.15, 0.2) is 4.42 Å². The molecule has 20 heavy (non-hydrogen) atoms. The van der Waals surface area contributed by atoms with Crippen LogP contribution >= 0.6 is 0 Å². The Kier molecular flexibility index (Phi) is 4.46. The molecule has 5 nitrogen and oxygen atoms in total. The Bertz CT molecular complexity index is 536. The van der Waals surface area contributed by atoms with Gasteiger partial charge in [-0.25, -0.2) is 0 Å². The first-order valence-electron chi connectivity index (χ1n) is 7.09. The second kappa shape index (κ2) is 6.10. The molecule has 1 amide bonds. The van der Waals surface area contributed by atoms with Gasteiger partial charge in [0, 0.05) is 5.56 Å². The molecule has 1 aromatic heterocycles. The van der Waals surface area contributed by atoms with Crippen LogP contribution in [0.2, 0.25) is 0 Å². The lowest BCUT2D eigenvalue weighted by molar-refractivity contribution is -0.121. The molecule has 108 valence electrons. The fourth-order valence-corrected chi connectivity index (χ4v) is 2.54. The first-order valence-corrected chi connectivity index (χ1v) is 7.09. The molecule has 2 heterocycles. The molecule has 1 aliphatic rings. The van der Waals surface area contributed by atoms with Crippen LogP contribution in [0.3, 0.4) is 0 Å². The number of anilines is 1. The number of likely N-dealkylation sites (tertiary alicyclic amines) is 1. The molecule has 5 heteroatoms. The average molecular weight is 275 g/mol. The summed E-state index contributed by atoms with van der Waals surface area (Å²) in [4.78, 5) is 14.5. The fourth-order valence-electron chi connectivity index (χ4n) is 2.54. The van der Waals surface area contributed by atoms with Gasteiger partial charge < -0.3 is 4.42 Å². The van der Waals surface area contributed by atoms with Crippen molar-refractivity contribution in [2.24, 2.45) is 0 Å². The number of nitrogens with one attached hydrogen (secondary N) is 1. The number of piperidine rings is 1. The lowest BCUT2D eigenvalue weighted by Crippen LogP contribution is -2.44. The molecule has 0 unspecified atom stereocenters. The molecule has 0 radical (unpaired) electrons. The van der Waals surface area contributed by atoms with E-state index in [1.54, 1.807) is 6.92 Å². The van der Waals surface area contributed by atoms with Crippen molar-refractivity contribution in [2.45, 2.75) is 46.1 Å². The SMILES string of the molecule is Cc1oc(NC(=O)[C@@H](C)N2CCCCC2)c(C#N)c1C. The van der Waals surface area contributed by atoms with Gasteiger partial charge in [0.25, 0.3) is 0 Å². The lowest BCUT2D eigenvalue weighted by atomic mass is 10.1. The first-order chi connectivity index (χ1) is 9.54. The highest BCUT2D eigenvalue weighted by Gasteiger charge is 2.25. The maximum atomic E-state index is 12.3. The highest BCUT2D eigenvalue weighted by molar-refractivity contribution is 5.94. The van der Waals surface area contributed by atoms with E-state index in [0.29, 0.717) is 11.3 Å². The van der Waals surface area contributed by atoms with Crippen molar-refractivity contribution in [1.29, 1.82) is 5.26 Å². The standard InChI is InChI=1S/C15H21N3O2/c1-10-12(3)20-15(13(10)9-16)17-14(19)11(2)18-7-5-4-6-8-18/h11H,4-8H2,1-3H3,(H,17,19)/t11-/m1/s1. The van der Waals surface area contributed by atoms with Crippen molar-refractivity contribution in [1.82, 2.24) is 4.90 Å². The topological polar surface area (TPSA) is 69.3 Å². The van der Waals surface area contributed by atoms with Gasteiger partial charge in [0.05, 0.1) is 6.04 Å². The number of nitriles is 1. The normalized spacial score (nSPS) is 17.5. The molecule has 0 saturated carbocycles. The van der Waals surface area contributed by atoms with E-state index in [-0.39, 0.29) is 17.8 Å². The quantitative estimate of drug-likeness (QED) is 0.920. The van der Waals surface area contributed by atoms with Crippen LogP contribution in [0.25, 0.3) is 0 Å². The second-order valence-electron chi connectivity index (χ2n) is 5.36. The van der Waals surface area contributed by atoms with E-state index in [0.717, 1.165) is 31.5 Å². The van der Waals surface area contributed by atoms with Crippen molar-refractivity contribution < 1.29 is 9.21 Å². The number of carbonyl (C=O) groups is 1. The summed E-state index contributed by atoms with van der Waals surface area (Å²) in [7, 11) is 0. The van der Waals surface area contributed by atoms with Crippen LogP contribution < -0.4 is 5.32 Å². The molecule has 0 spiro atoms. The predicted octanol–water partition coefficient (Wildman–Crippen LogP) is 2.58. The maximum absolute atomic E-state index is 12.3. The average Bonchev–Trinajstić information content (AvgIpc) is 2.73. The Morgan fingerprint density at radius 1 is 1.35 bits per heavy atom. The highest BCUT2D eigenvalue weighted by atomic mass is 16.4. The van der Waals surface area contributed by atoms with Gasteiger partial charge in [-0.15, -0.1) is 0 Å². The number of aryl methyl sites for hydroxylation is 1. The highest BCUT2D eigenvalue weighted by Crippen LogP contribution is 2.25. The van der Waals surface area contributed by atoms with Crippen LogP contribution in [0.1, 0.15) is 43.1 Å². The number of carbonyl (C=O) groups excluding carboxylic acids is 1. The van der Waals surface area contributed by atoms with Gasteiger partial charge in [-0.1, -0.05) is 6.42 Å². The van der Waals surface area contributed by atoms with Crippen LogP contribution in [0.5, 0.6) is 0 Å². The van der Waals surface area contributed by atoms with Gasteiger partial charge in [0.15, 0.2) is 0 Å². The zero-order valence-electron chi connectivity index (χ0n) is 12.3. The van der Waals surface area contributed by atoms with Gasteiger partial charge in [0.1, 0.15) is 17.4 Å². The van der Waals surface area contributed by atoms with Gasteiger partial charge in [-0.3, -0.25) is 15.0 Å². The minimum Gasteiger partial charge on any atom is -0.444 e. The van der Waals surface area contributed by atoms with Crippen molar-refractivity contribution in [3.8, 4) is 6.07 Å². The van der Waals surface area contributed by atoms with Crippen LogP contribution in [-0.4, -0.2) is 29.9 Å². The van der Waals surface area contributed by atoms with E-state index >= 15 is 0 Å². The molecule has 1 aromatic rings. The van der Waals surface area contributed by atoms with Crippen molar-refractivity contribution in [3.63, 3.8) is 0 Å². The molecule has 0 aliphatic carbocycles. The van der Waals surface area contributed by atoms with Gasteiger partial charge in [-0.05, 0) is 46.7 Å². The maximum Gasteiger partial charge on any atom is 0.243 e. The van der Waals surface area contributed by atoms with Gasteiger partial charge >= 0.3 is 0 Å². The zero-order chi connectivity index (χ0) is 14.7. The van der Waals surface area contributed by atoms with E-state index in [1.807, 2.05) is 13.8 Å². The Morgan fingerprint density at radius 2 is 2.00 bits per heavy atom. The summed E-state index contributed by atoms with van der Waals surface area (Å²) in [5, 5.41) is 11.9. The molecule has 1 saturated heterocycles. The summed E-state index contributed by atoms with van der Waals surface area (Å²) in [6, 6.07) is 1.89. The monoisotopic (exact) mass is 275 g/mol. The predicted molar refractivity (Wildman–Crippen MR) is 76.4 cm³/mol. The molecular weight excluding hydrogens is 254 g/mol. The van der Waals surface area contributed by atoms with E-state index in [4.69, 9.17) is 9.68 Å². The van der Waals surface area contributed by atoms with Gasteiger partial charge in [-0.2, -0.15) is 5.26 Å². The summed E-state index contributed by atoms with van der Waals surface area (Å²) in [5.74, 6) is 0.830. The van der Waals surface area contributed by atoms with Crippen LogP contribution in [-0.2, 0) is 4.79 Å². The minimum absolute atomic E-state index is 0.114. The molecule has 0 bridgehead atoms. The third-order valence-electron chi connectivity index (χ3n) is 4.05. The van der Waals surface area contributed by atoms with Crippen molar-refractivity contribution >= 4 is 11.8 Å². The summed E-state index contributed by atoms with van der Waals surface area (Å²) < 4.78 is 5.47. The summed E-state index contributed by atoms with van der Waals surface area (Å²) in [5.41, 5.74) is 1.20. The molecule has 2 rings (SSSR count). The molecule has 0 aromatic carbocycles. The number of amides is 1. The van der Waals surface area contributed by atoms with E-state index in [2.05, 4.69) is 16.3 Å². The lowest BCUT2D eigenvalue weighted by Gasteiger charge is -2.31. The zero-order valence-corrected chi connectivity index (χ0v) is 12.3. The van der Waals surface area contributed by atoms with E-state index in [9.17, 15) is 4.79 Å². The summed E-state index contributed by atoms with van der Waals surface area (Å²) in [6.45, 7) is 7.42. The number of furan rings is 1. The second-order valence-corrected chi connectivity index (χ2v) is 5.36. The smallest absolute Gasteiger partial charge is 0.243 e. The fraction of sp³-hybridized carbons (Fsp3) is 0.600. The Balaban J connectivity index is 2.08. The Labute approximate surface area is 119 Å². The molecule has 1 N–H and O–H groups in total. The first kappa shape index (κ1) is 14.6. The third kappa shape index (κ3) is 2.86. The van der Waals surface area contributed by atoms with Crippen molar-refractivity contribution in [3.05, 3.63) is 16.9 Å². The molecule has 1 atom stereocenters. The van der Waals surface area contributed by atoms with Crippen LogP contribution in [0, 0.1) is 25.2 Å². The number of hydrogen-bond donors (Lipinski definition) is 1. The largest absolute Gasteiger partial charge is 0.444 e. The Morgan fingerprint density at radius 3 is 2.60 bits per heavy atom. The molecular formula is C15H21N3O2. The van der Waals surface area contributed by atoms with E-state index < -0.39 is 0 Å². The van der Waals surface area contributed by atoms with Crippen molar-refractivity contribution in [2.75, 3.05) is 18.4 Å². The Hall–Kier alpha value is -1.80. The minimum atomic E-state index is -0.201. The van der Waals surface area contributed by atoms with Crippen LogP contribution in [0.4, 0.5) is 5.88 Å². The number of nitrogens with zero attached hydrogens (tertiary/aromatic N) is 2. The summed E-state index contributed by atoms with van der Waals surface area (Å²) in [6.07, 6.45) is 3.51. The molecule has 1 aliphatic heterocycles. The molecule has 1 fully saturated rings. The van der Waals surface area contributed by atoms with Gasteiger partial charge in [0.2, 0.25) is 11.8 Å². The number of rotatable bonds is 3. The van der Waals surface area contributed by atoms with E-state index in [1.165, 1.54) is 6.42 Å². The summed E-state index contributed by atoms with van der Waals surface area (Å²) >= 11 is 0.